The molecule has 5 nitrogen and oxygen atoms in total. The lowest BCUT2D eigenvalue weighted by Gasteiger charge is -2.14. The van der Waals surface area contributed by atoms with E-state index in [9.17, 15) is 13.2 Å². The molecule has 1 N–H and O–H groups in total. The van der Waals surface area contributed by atoms with Gasteiger partial charge in [-0.3, -0.25) is 0 Å². The van der Waals surface area contributed by atoms with Crippen LogP contribution in [-0.2, 0) is 9.05 Å². The molecule has 0 bridgehead atoms. The Hall–Kier alpha value is -0.660. The van der Waals surface area contributed by atoms with E-state index in [1.54, 1.807) is 0 Å². The highest BCUT2D eigenvalue weighted by molar-refractivity contribution is 9.12. The summed E-state index contributed by atoms with van der Waals surface area (Å²) in [5.74, 6) is 0. The van der Waals surface area contributed by atoms with Crippen LogP contribution in [0.15, 0.2) is 27.3 Å². The smallest absolute Gasteiger partial charge is 0.304 e. The quantitative estimate of drug-likeness (QED) is 0.741. The Morgan fingerprint density at radius 2 is 2.20 bits per heavy atom. The van der Waals surface area contributed by atoms with Crippen LogP contribution in [0.2, 0.25) is 0 Å². The molecule has 0 saturated heterocycles. The van der Waals surface area contributed by atoms with Gasteiger partial charge in [0.2, 0.25) is 9.05 Å². The van der Waals surface area contributed by atoms with E-state index < -0.39 is 20.3 Å². The molecule has 1 aliphatic heterocycles. The van der Waals surface area contributed by atoms with E-state index in [0.717, 1.165) is 0 Å². The fourth-order valence-electron chi connectivity index (χ4n) is 1.27. The number of nitrogens with one attached hydrogen (secondary N) is 1. The molecule has 0 aromatic carbocycles. The molecule has 1 unspecified atom stereocenters. The summed E-state index contributed by atoms with van der Waals surface area (Å²) in [5, 5.41) is 1.43. The molecule has 0 fully saturated rings. The number of allylic oxidation sites excluding steroid dienone is 1. The number of carbonyl (C=O) groups is 1. The summed E-state index contributed by atoms with van der Waals surface area (Å²) in [5.41, 5.74) is 0.779. The van der Waals surface area contributed by atoms with Crippen LogP contribution in [0.4, 0.5) is 4.79 Å². The van der Waals surface area contributed by atoms with Gasteiger partial charge in [-0.15, -0.1) is 0 Å². The number of halogens is 2. The predicted octanol–water partition coefficient (Wildman–Crippen LogP) is 1.26. The number of amides is 2. The van der Waals surface area contributed by atoms with Gasteiger partial charge in [0.1, 0.15) is 5.25 Å². The fourth-order valence-corrected chi connectivity index (χ4v) is 3.76. The van der Waals surface area contributed by atoms with Crippen molar-refractivity contribution in [3.63, 3.8) is 0 Å². The first-order valence-corrected chi connectivity index (χ1v) is 6.97. The first-order valence-electron chi connectivity index (χ1n) is 3.80. The summed E-state index contributed by atoms with van der Waals surface area (Å²) in [4.78, 5) is 14.5. The minimum atomic E-state index is -3.76. The lowest BCUT2D eigenvalue weighted by atomic mass is 10.1. The summed E-state index contributed by atoms with van der Waals surface area (Å²) in [7, 11) is 1.48. The van der Waals surface area contributed by atoms with Crippen LogP contribution < -0.4 is 5.32 Å². The Labute approximate surface area is 98.4 Å². The average Bonchev–Trinajstić information content (AvgIpc) is 2.40. The van der Waals surface area contributed by atoms with Crippen molar-refractivity contribution in [3.05, 3.63) is 22.3 Å². The monoisotopic (exact) mass is 310 g/mol. The molecule has 1 aliphatic carbocycles. The van der Waals surface area contributed by atoms with Crippen molar-refractivity contribution in [2.24, 2.45) is 4.99 Å². The van der Waals surface area contributed by atoms with Crippen LogP contribution in [0.5, 0.6) is 0 Å². The van der Waals surface area contributed by atoms with Crippen molar-refractivity contribution in [2.75, 3.05) is 0 Å². The molecule has 1 atom stereocenters. The molecule has 8 heteroatoms. The summed E-state index contributed by atoms with van der Waals surface area (Å²) in [6.45, 7) is 0. The summed E-state index contributed by atoms with van der Waals surface area (Å²) >= 11 is 3.08. The Kier molecular flexibility index (Phi) is 2.48. The number of hydrogen-bond acceptors (Lipinski definition) is 3. The van der Waals surface area contributed by atoms with Gasteiger partial charge in [-0.1, -0.05) is 15.9 Å². The molecule has 2 amide bonds. The SMILES string of the molecule is O=C1N=C2C=C(Br)C(S(=O)(=O)Cl)C=C2N1. The third-order valence-electron chi connectivity index (χ3n) is 1.91. The molecule has 2 rings (SSSR count). The molecule has 0 aromatic heterocycles. The maximum atomic E-state index is 11.2. The summed E-state index contributed by atoms with van der Waals surface area (Å²) in [6.07, 6.45) is 2.80. The third-order valence-corrected chi connectivity index (χ3v) is 4.51. The van der Waals surface area contributed by atoms with Crippen LogP contribution in [0.25, 0.3) is 0 Å². The van der Waals surface area contributed by atoms with Crippen molar-refractivity contribution in [3.8, 4) is 0 Å². The van der Waals surface area contributed by atoms with Gasteiger partial charge >= 0.3 is 6.03 Å². The second-order valence-electron chi connectivity index (χ2n) is 2.93. The molecular formula is C7H4BrClN2O3S. The number of fused-ring (bicyclic) bond motifs is 1. The van der Waals surface area contributed by atoms with E-state index in [1.807, 2.05) is 0 Å². The van der Waals surface area contributed by atoms with Crippen LogP contribution in [0.3, 0.4) is 0 Å². The number of carbonyl (C=O) groups excluding carboxylic acids is 1. The average molecular weight is 312 g/mol. The van der Waals surface area contributed by atoms with E-state index >= 15 is 0 Å². The van der Waals surface area contributed by atoms with Crippen molar-refractivity contribution in [1.29, 1.82) is 0 Å². The lowest BCUT2D eigenvalue weighted by molar-refractivity contribution is 0.253. The number of hydrogen-bond donors (Lipinski definition) is 1. The highest BCUT2D eigenvalue weighted by atomic mass is 79.9. The van der Waals surface area contributed by atoms with Gasteiger partial charge in [-0.25, -0.2) is 13.2 Å². The van der Waals surface area contributed by atoms with Crippen molar-refractivity contribution >= 4 is 47.4 Å². The Balaban J connectivity index is 2.48. The van der Waals surface area contributed by atoms with E-state index in [4.69, 9.17) is 10.7 Å². The van der Waals surface area contributed by atoms with Gasteiger partial charge in [-0.2, -0.15) is 4.99 Å². The minimum absolute atomic E-state index is 0.358. The summed E-state index contributed by atoms with van der Waals surface area (Å²) in [6, 6.07) is -0.513. The van der Waals surface area contributed by atoms with Gasteiger partial charge < -0.3 is 5.32 Å². The first-order chi connectivity index (χ1) is 6.88. The Morgan fingerprint density at radius 3 is 2.80 bits per heavy atom. The highest BCUT2D eigenvalue weighted by Gasteiger charge is 2.32. The standard InChI is InChI=1S/C7H4BrClN2O3S/c8-3-1-4-5(11-7(12)10-4)2-6(3)15(9,13)14/h1-2,6H,(H,11,12). The van der Waals surface area contributed by atoms with Gasteiger partial charge in [0.15, 0.2) is 0 Å². The zero-order valence-corrected chi connectivity index (χ0v) is 10.2. The topological polar surface area (TPSA) is 75.6 Å². The molecule has 80 valence electrons. The minimum Gasteiger partial charge on any atom is -0.304 e. The van der Waals surface area contributed by atoms with E-state index in [-0.39, 0.29) is 0 Å². The molecule has 0 radical (unpaired) electrons. The van der Waals surface area contributed by atoms with Crippen LogP contribution in [0, 0.1) is 0 Å². The first kappa shape index (κ1) is 10.8. The number of aliphatic imine (C=N–C) groups is 1. The molecular weight excluding hydrogens is 308 g/mol. The van der Waals surface area contributed by atoms with Gasteiger partial charge in [0.25, 0.3) is 0 Å². The number of rotatable bonds is 1. The van der Waals surface area contributed by atoms with Gasteiger partial charge in [0, 0.05) is 15.2 Å². The second-order valence-corrected chi connectivity index (χ2v) is 6.60. The lowest BCUT2D eigenvalue weighted by Crippen LogP contribution is -2.24. The molecule has 2 aliphatic rings. The van der Waals surface area contributed by atoms with Crippen molar-refractivity contribution in [2.45, 2.75) is 5.25 Å². The van der Waals surface area contributed by atoms with Crippen LogP contribution >= 0.6 is 26.6 Å². The van der Waals surface area contributed by atoms with Crippen molar-refractivity contribution < 1.29 is 13.2 Å². The largest absolute Gasteiger partial charge is 0.346 e. The normalized spacial score (nSPS) is 25.1. The maximum absolute atomic E-state index is 11.2. The predicted molar refractivity (Wildman–Crippen MR) is 59.6 cm³/mol. The Bertz CT molecular complexity index is 534. The molecule has 0 aromatic rings. The molecule has 0 saturated carbocycles. The molecule has 0 spiro atoms. The van der Waals surface area contributed by atoms with E-state index in [0.29, 0.717) is 15.9 Å². The molecule has 15 heavy (non-hydrogen) atoms. The number of urea groups is 1. The zero-order chi connectivity index (χ0) is 11.2. The zero-order valence-electron chi connectivity index (χ0n) is 7.07. The fraction of sp³-hybridized carbons (Fsp3) is 0.143. The number of nitrogens with zero attached hydrogens (tertiary/aromatic N) is 1. The van der Waals surface area contributed by atoms with Crippen molar-refractivity contribution in [1.82, 2.24) is 5.32 Å². The van der Waals surface area contributed by atoms with Crippen LogP contribution in [-0.4, -0.2) is 25.4 Å². The third kappa shape index (κ3) is 1.99. The second kappa shape index (κ2) is 3.43. The highest BCUT2D eigenvalue weighted by Crippen LogP contribution is 2.29. The van der Waals surface area contributed by atoms with Gasteiger partial charge in [-0.05, 0) is 12.2 Å². The summed E-state index contributed by atoms with van der Waals surface area (Å²) < 4.78 is 22.7. The van der Waals surface area contributed by atoms with E-state index in [1.165, 1.54) is 12.2 Å². The van der Waals surface area contributed by atoms with E-state index in [2.05, 4.69) is 26.2 Å². The van der Waals surface area contributed by atoms with Gasteiger partial charge in [0.05, 0.1) is 11.4 Å². The molecule has 1 heterocycles. The maximum Gasteiger partial charge on any atom is 0.346 e. The Morgan fingerprint density at radius 1 is 1.53 bits per heavy atom. The van der Waals surface area contributed by atoms with Crippen LogP contribution in [0.1, 0.15) is 0 Å².